The minimum absolute atomic E-state index is 0.0988. The number of hydrogen-bond donors (Lipinski definition) is 2. The molecule has 1 rings (SSSR count). The summed E-state index contributed by atoms with van der Waals surface area (Å²) in [6.45, 7) is 4.03. The number of unbranched alkanes of at least 4 members (excludes halogenated alkanes) is 3. The van der Waals surface area contributed by atoms with E-state index in [0.29, 0.717) is 0 Å². The number of primary amides is 1. The summed E-state index contributed by atoms with van der Waals surface area (Å²) in [5.74, 6) is -0.0988. The van der Waals surface area contributed by atoms with Crippen molar-refractivity contribution < 1.29 is 4.79 Å². The quantitative estimate of drug-likeness (QED) is 0.641. The summed E-state index contributed by atoms with van der Waals surface area (Å²) in [5, 5.41) is 3.44. The Morgan fingerprint density at radius 1 is 1.18 bits per heavy atom. The largest absolute Gasteiger partial charge is 0.369 e. The van der Waals surface area contributed by atoms with Crippen LogP contribution in [0.25, 0.3) is 0 Å². The van der Waals surface area contributed by atoms with Crippen molar-refractivity contribution in [3.8, 4) is 0 Å². The van der Waals surface area contributed by atoms with Gasteiger partial charge in [0.25, 0.3) is 0 Å². The van der Waals surface area contributed by atoms with Gasteiger partial charge in [0, 0.05) is 6.54 Å². The molecule has 1 aliphatic rings. The fraction of sp³-hybridized carbons (Fsp3) is 0.929. The molecule has 0 aliphatic heterocycles. The Morgan fingerprint density at radius 3 is 2.47 bits per heavy atom. The molecule has 0 heterocycles. The molecule has 0 aromatic rings. The van der Waals surface area contributed by atoms with Crippen LogP contribution >= 0.6 is 0 Å². The number of nitrogens with two attached hydrogens (primary N) is 1. The lowest BCUT2D eigenvalue weighted by molar-refractivity contribution is -0.129. The summed E-state index contributed by atoms with van der Waals surface area (Å²) >= 11 is 0. The van der Waals surface area contributed by atoms with Crippen LogP contribution in [0.4, 0.5) is 0 Å². The van der Waals surface area contributed by atoms with E-state index in [-0.39, 0.29) is 11.3 Å². The molecule has 1 saturated carbocycles. The van der Waals surface area contributed by atoms with E-state index in [4.69, 9.17) is 5.73 Å². The Morgan fingerprint density at radius 2 is 1.88 bits per heavy atom. The van der Waals surface area contributed by atoms with Gasteiger partial charge in [-0.2, -0.15) is 0 Å². The van der Waals surface area contributed by atoms with Gasteiger partial charge < -0.3 is 11.1 Å². The van der Waals surface area contributed by atoms with Gasteiger partial charge in [-0.05, 0) is 25.8 Å². The van der Waals surface area contributed by atoms with Crippen molar-refractivity contribution in [2.24, 2.45) is 11.1 Å². The van der Waals surface area contributed by atoms with Crippen LogP contribution < -0.4 is 11.1 Å². The van der Waals surface area contributed by atoms with Crippen molar-refractivity contribution in [1.82, 2.24) is 5.32 Å². The zero-order valence-corrected chi connectivity index (χ0v) is 11.3. The molecule has 3 nitrogen and oxygen atoms in total. The summed E-state index contributed by atoms with van der Waals surface area (Å²) in [6, 6.07) is 0. The van der Waals surface area contributed by atoms with Crippen LogP contribution in [-0.2, 0) is 4.79 Å². The number of nitrogens with one attached hydrogen (secondary N) is 1. The maximum Gasteiger partial charge on any atom is 0.224 e. The first kappa shape index (κ1) is 14.5. The number of carbonyl (C=O) groups excluding carboxylic acids is 1. The van der Waals surface area contributed by atoms with Crippen molar-refractivity contribution in [1.29, 1.82) is 0 Å². The highest BCUT2D eigenvalue weighted by atomic mass is 16.1. The van der Waals surface area contributed by atoms with E-state index < -0.39 is 0 Å². The zero-order chi connectivity index (χ0) is 12.6. The number of carbonyl (C=O) groups is 1. The smallest absolute Gasteiger partial charge is 0.224 e. The van der Waals surface area contributed by atoms with E-state index in [1.54, 1.807) is 0 Å². The van der Waals surface area contributed by atoms with Crippen LogP contribution in [-0.4, -0.2) is 19.0 Å². The molecule has 3 heteroatoms. The van der Waals surface area contributed by atoms with Gasteiger partial charge in [0.15, 0.2) is 0 Å². The van der Waals surface area contributed by atoms with Gasteiger partial charge in [0.1, 0.15) is 0 Å². The molecule has 0 aromatic heterocycles. The molecule has 0 spiro atoms. The van der Waals surface area contributed by atoms with Gasteiger partial charge in [-0.25, -0.2) is 0 Å². The monoisotopic (exact) mass is 240 g/mol. The Labute approximate surface area is 106 Å². The molecule has 0 unspecified atom stereocenters. The molecule has 0 radical (unpaired) electrons. The Bertz CT molecular complexity index is 222. The molecular weight excluding hydrogens is 212 g/mol. The predicted octanol–water partition coefficient (Wildman–Crippen LogP) is 2.59. The average Bonchev–Trinajstić information content (AvgIpc) is 2.34. The molecule has 0 saturated heterocycles. The van der Waals surface area contributed by atoms with Crippen molar-refractivity contribution >= 4 is 5.91 Å². The third-order valence-corrected chi connectivity index (χ3v) is 4.00. The van der Waals surface area contributed by atoms with Crippen LogP contribution in [0, 0.1) is 5.41 Å². The van der Waals surface area contributed by atoms with Crippen LogP contribution in [0.1, 0.15) is 64.7 Å². The zero-order valence-electron chi connectivity index (χ0n) is 11.3. The average molecular weight is 240 g/mol. The summed E-state index contributed by atoms with van der Waals surface area (Å²) in [5.41, 5.74) is 5.34. The highest BCUT2D eigenvalue weighted by Crippen LogP contribution is 2.35. The standard InChI is InChI=1S/C14H28N2O/c1-2-3-4-8-11-16-12-14(13(15)17)9-6-5-7-10-14/h16H,2-12H2,1H3,(H2,15,17). The molecular formula is C14H28N2O. The van der Waals surface area contributed by atoms with Gasteiger partial charge >= 0.3 is 0 Å². The first-order valence-electron chi connectivity index (χ1n) is 7.22. The third-order valence-electron chi connectivity index (χ3n) is 4.00. The van der Waals surface area contributed by atoms with Gasteiger partial charge in [0.05, 0.1) is 5.41 Å². The topological polar surface area (TPSA) is 55.1 Å². The van der Waals surface area contributed by atoms with Crippen LogP contribution in [0.3, 0.4) is 0 Å². The van der Waals surface area contributed by atoms with Gasteiger partial charge in [0.2, 0.25) is 5.91 Å². The van der Waals surface area contributed by atoms with E-state index in [1.807, 2.05) is 0 Å². The number of amides is 1. The number of hydrogen-bond acceptors (Lipinski definition) is 2. The summed E-state index contributed by atoms with van der Waals surface area (Å²) in [6.07, 6.45) is 10.6. The second-order valence-electron chi connectivity index (χ2n) is 5.44. The molecule has 1 fully saturated rings. The molecule has 3 N–H and O–H groups in total. The van der Waals surface area contributed by atoms with E-state index >= 15 is 0 Å². The lowest BCUT2D eigenvalue weighted by atomic mass is 9.73. The summed E-state index contributed by atoms with van der Waals surface area (Å²) in [7, 11) is 0. The molecule has 0 bridgehead atoms. The minimum Gasteiger partial charge on any atom is -0.369 e. The highest BCUT2D eigenvalue weighted by Gasteiger charge is 2.37. The molecule has 1 aliphatic carbocycles. The minimum atomic E-state index is -0.247. The lowest BCUT2D eigenvalue weighted by Gasteiger charge is -2.34. The highest BCUT2D eigenvalue weighted by molar-refractivity contribution is 5.81. The first-order chi connectivity index (χ1) is 8.21. The second-order valence-corrected chi connectivity index (χ2v) is 5.44. The number of rotatable bonds is 8. The van der Waals surface area contributed by atoms with Gasteiger partial charge in [-0.1, -0.05) is 45.4 Å². The lowest BCUT2D eigenvalue weighted by Crippen LogP contribution is -2.46. The van der Waals surface area contributed by atoms with Crippen molar-refractivity contribution in [2.45, 2.75) is 64.7 Å². The normalized spacial score (nSPS) is 19.1. The van der Waals surface area contributed by atoms with E-state index in [9.17, 15) is 4.79 Å². The Hall–Kier alpha value is -0.570. The van der Waals surface area contributed by atoms with Gasteiger partial charge in [-0.3, -0.25) is 4.79 Å². The van der Waals surface area contributed by atoms with E-state index in [0.717, 1.165) is 38.8 Å². The summed E-state index contributed by atoms with van der Waals surface area (Å²) in [4.78, 5) is 11.6. The first-order valence-corrected chi connectivity index (χ1v) is 7.22. The fourth-order valence-corrected chi connectivity index (χ4v) is 2.74. The Kier molecular flexibility index (Phi) is 6.56. The molecule has 1 amide bonds. The third kappa shape index (κ3) is 4.66. The van der Waals surface area contributed by atoms with Crippen molar-refractivity contribution in [3.05, 3.63) is 0 Å². The van der Waals surface area contributed by atoms with Crippen LogP contribution in [0.15, 0.2) is 0 Å². The van der Waals surface area contributed by atoms with E-state index in [1.165, 1.54) is 32.1 Å². The molecule has 17 heavy (non-hydrogen) atoms. The SMILES string of the molecule is CCCCCCNCC1(C(N)=O)CCCCC1. The maximum atomic E-state index is 11.6. The molecule has 0 aromatic carbocycles. The second kappa shape index (κ2) is 7.70. The fourth-order valence-electron chi connectivity index (χ4n) is 2.74. The van der Waals surface area contributed by atoms with Crippen molar-refractivity contribution in [2.75, 3.05) is 13.1 Å². The maximum absolute atomic E-state index is 11.6. The van der Waals surface area contributed by atoms with Crippen LogP contribution in [0.2, 0.25) is 0 Å². The molecule has 100 valence electrons. The predicted molar refractivity (Wildman–Crippen MR) is 71.7 cm³/mol. The summed E-state index contributed by atoms with van der Waals surface area (Å²) < 4.78 is 0. The van der Waals surface area contributed by atoms with Gasteiger partial charge in [-0.15, -0.1) is 0 Å². The van der Waals surface area contributed by atoms with Crippen LogP contribution in [0.5, 0.6) is 0 Å². The van der Waals surface area contributed by atoms with Crippen molar-refractivity contribution in [3.63, 3.8) is 0 Å². The van der Waals surface area contributed by atoms with E-state index in [2.05, 4.69) is 12.2 Å². The Balaban J connectivity index is 2.23. The molecule has 0 atom stereocenters.